The van der Waals surface area contributed by atoms with E-state index in [-0.39, 0.29) is 17.9 Å². The summed E-state index contributed by atoms with van der Waals surface area (Å²) in [5.74, 6) is 1.33. The summed E-state index contributed by atoms with van der Waals surface area (Å²) in [6.07, 6.45) is 3.66. The first-order valence-corrected chi connectivity index (χ1v) is 10.8. The van der Waals surface area contributed by atoms with Crippen molar-refractivity contribution in [2.24, 2.45) is 0 Å². The first kappa shape index (κ1) is 20.4. The summed E-state index contributed by atoms with van der Waals surface area (Å²) in [6, 6.07) is 5.94. The second-order valence-corrected chi connectivity index (χ2v) is 8.47. The van der Waals surface area contributed by atoms with Gasteiger partial charge in [0.1, 0.15) is 5.76 Å². The zero-order valence-electron chi connectivity index (χ0n) is 18.0. The largest absolute Gasteiger partial charge is 0.445 e. The Balaban J connectivity index is 1.36. The standard InChI is InChI=1S/C23H30N4O3/c1-15-6-7-19(16(2)14-15)24-23(29)27-12-8-18(9-13-27)21-25-20(17(3)30-21)22(28)26-10-4-5-11-26/h6-7,14,18H,4-5,8-13H2,1-3H3,(H,24,29). The number of benzene rings is 1. The highest BCUT2D eigenvalue weighted by atomic mass is 16.4. The third kappa shape index (κ3) is 4.20. The van der Waals surface area contributed by atoms with E-state index in [1.807, 2.05) is 42.7 Å². The molecule has 0 spiro atoms. The minimum Gasteiger partial charge on any atom is -0.445 e. The molecule has 1 aromatic carbocycles. The molecule has 1 aromatic heterocycles. The topological polar surface area (TPSA) is 78.7 Å². The molecule has 4 rings (SSSR count). The minimum absolute atomic E-state index is 0.0229. The number of carbonyl (C=O) groups excluding carboxylic acids is 2. The quantitative estimate of drug-likeness (QED) is 0.821. The summed E-state index contributed by atoms with van der Waals surface area (Å²) in [5.41, 5.74) is 3.53. The van der Waals surface area contributed by atoms with Crippen molar-refractivity contribution in [3.05, 3.63) is 46.7 Å². The number of aromatic nitrogens is 1. The van der Waals surface area contributed by atoms with E-state index in [0.29, 0.717) is 30.4 Å². The second-order valence-electron chi connectivity index (χ2n) is 8.47. The van der Waals surface area contributed by atoms with Crippen molar-refractivity contribution < 1.29 is 14.0 Å². The summed E-state index contributed by atoms with van der Waals surface area (Å²) < 4.78 is 5.88. The third-order valence-electron chi connectivity index (χ3n) is 6.16. The lowest BCUT2D eigenvalue weighted by molar-refractivity contribution is 0.0786. The molecule has 3 heterocycles. The highest BCUT2D eigenvalue weighted by Crippen LogP contribution is 2.30. The van der Waals surface area contributed by atoms with Gasteiger partial charge < -0.3 is 19.5 Å². The molecule has 3 amide bonds. The summed E-state index contributed by atoms with van der Waals surface area (Å²) >= 11 is 0. The molecule has 0 bridgehead atoms. The number of nitrogens with one attached hydrogen (secondary N) is 1. The second kappa shape index (κ2) is 8.50. The smallest absolute Gasteiger partial charge is 0.321 e. The van der Waals surface area contributed by atoms with Gasteiger partial charge in [-0.3, -0.25) is 4.79 Å². The first-order valence-electron chi connectivity index (χ1n) is 10.8. The van der Waals surface area contributed by atoms with Gasteiger partial charge in [0, 0.05) is 37.8 Å². The fourth-order valence-corrected chi connectivity index (χ4v) is 4.34. The zero-order valence-corrected chi connectivity index (χ0v) is 18.0. The lowest BCUT2D eigenvalue weighted by Gasteiger charge is -2.30. The van der Waals surface area contributed by atoms with Gasteiger partial charge in [-0.1, -0.05) is 17.7 Å². The average molecular weight is 411 g/mol. The zero-order chi connectivity index (χ0) is 21.3. The maximum Gasteiger partial charge on any atom is 0.321 e. The number of hydrogen-bond acceptors (Lipinski definition) is 4. The number of carbonyl (C=O) groups is 2. The molecule has 0 saturated carbocycles. The Bertz CT molecular complexity index is 938. The molecule has 1 N–H and O–H groups in total. The highest BCUT2D eigenvalue weighted by molar-refractivity contribution is 5.93. The van der Waals surface area contributed by atoms with Crippen LogP contribution in [0.3, 0.4) is 0 Å². The molecule has 30 heavy (non-hydrogen) atoms. The Morgan fingerprint density at radius 1 is 1.03 bits per heavy atom. The first-order chi connectivity index (χ1) is 14.4. The Morgan fingerprint density at radius 3 is 2.40 bits per heavy atom. The van der Waals surface area contributed by atoms with E-state index in [2.05, 4.69) is 16.4 Å². The molecule has 160 valence electrons. The Labute approximate surface area is 177 Å². The normalized spacial score (nSPS) is 17.4. The fourth-order valence-electron chi connectivity index (χ4n) is 4.34. The molecule has 0 radical (unpaired) electrons. The number of likely N-dealkylation sites (tertiary alicyclic amines) is 2. The van der Waals surface area contributed by atoms with Crippen molar-refractivity contribution >= 4 is 17.6 Å². The molecule has 2 aromatic rings. The van der Waals surface area contributed by atoms with Gasteiger partial charge in [0.05, 0.1) is 0 Å². The number of anilines is 1. The molecule has 2 fully saturated rings. The van der Waals surface area contributed by atoms with Crippen molar-refractivity contribution in [2.75, 3.05) is 31.5 Å². The molecular weight excluding hydrogens is 380 g/mol. The van der Waals surface area contributed by atoms with Crippen molar-refractivity contribution in [1.29, 1.82) is 0 Å². The van der Waals surface area contributed by atoms with Crippen molar-refractivity contribution in [1.82, 2.24) is 14.8 Å². The average Bonchev–Trinajstić information content (AvgIpc) is 3.40. The van der Waals surface area contributed by atoms with Crippen LogP contribution in [0.5, 0.6) is 0 Å². The summed E-state index contributed by atoms with van der Waals surface area (Å²) in [6.45, 7) is 8.73. The van der Waals surface area contributed by atoms with Crippen LogP contribution < -0.4 is 5.32 Å². The van der Waals surface area contributed by atoms with Gasteiger partial charge in [0.15, 0.2) is 11.6 Å². The van der Waals surface area contributed by atoms with Gasteiger partial charge in [-0.05, 0) is 58.1 Å². The van der Waals surface area contributed by atoms with E-state index >= 15 is 0 Å². The number of oxazole rings is 1. The number of hydrogen-bond donors (Lipinski definition) is 1. The number of piperidine rings is 1. The van der Waals surface area contributed by atoms with Crippen molar-refractivity contribution in [3.63, 3.8) is 0 Å². The Morgan fingerprint density at radius 2 is 1.73 bits per heavy atom. The molecule has 0 unspecified atom stereocenters. The molecule has 2 aliphatic rings. The van der Waals surface area contributed by atoms with E-state index in [0.717, 1.165) is 50.0 Å². The predicted octanol–water partition coefficient (Wildman–Crippen LogP) is 4.25. The molecule has 7 nitrogen and oxygen atoms in total. The van der Waals surface area contributed by atoms with Crippen LogP contribution in [-0.4, -0.2) is 52.9 Å². The monoisotopic (exact) mass is 410 g/mol. The van der Waals surface area contributed by atoms with E-state index in [9.17, 15) is 9.59 Å². The van der Waals surface area contributed by atoms with Crippen LogP contribution in [0.15, 0.2) is 22.6 Å². The summed E-state index contributed by atoms with van der Waals surface area (Å²) in [7, 11) is 0. The van der Waals surface area contributed by atoms with Crippen molar-refractivity contribution in [2.45, 2.75) is 52.4 Å². The van der Waals surface area contributed by atoms with E-state index in [1.54, 1.807) is 0 Å². The van der Waals surface area contributed by atoms with E-state index in [1.165, 1.54) is 5.56 Å². The fraction of sp³-hybridized carbons (Fsp3) is 0.522. The van der Waals surface area contributed by atoms with Gasteiger partial charge in [-0.2, -0.15) is 0 Å². The summed E-state index contributed by atoms with van der Waals surface area (Å²) in [4.78, 5) is 33.6. The van der Waals surface area contributed by atoms with Crippen LogP contribution in [0.25, 0.3) is 0 Å². The van der Waals surface area contributed by atoms with Gasteiger partial charge in [0.25, 0.3) is 5.91 Å². The highest BCUT2D eigenvalue weighted by Gasteiger charge is 2.30. The number of aryl methyl sites for hydroxylation is 3. The lowest BCUT2D eigenvalue weighted by Crippen LogP contribution is -2.40. The molecule has 0 atom stereocenters. The van der Waals surface area contributed by atoms with Crippen LogP contribution >= 0.6 is 0 Å². The van der Waals surface area contributed by atoms with Crippen LogP contribution in [0.4, 0.5) is 10.5 Å². The van der Waals surface area contributed by atoms with Crippen molar-refractivity contribution in [3.8, 4) is 0 Å². The van der Waals surface area contributed by atoms with Gasteiger partial charge >= 0.3 is 6.03 Å². The SMILES string of the molecule is Cc1ccc(NC(=O)N2CCC(c3nc(C(=O)N4CCCC4)c(C)o3)CC2)c(C)c1. The van der Waals surface area contributed by atoms with Crippen LogP contribution in [0, 0.1) is 20.8 Å². The maximum atomic E-state index is 12.7. The Hall–Kier alpha value is -2.83. The molecule has 0 aliphatic carbocycles. The number of amides is 3. The molecular formula is C23H30N4O3. The Kier molecular flexibility index (Phi) is 5.79. The molecule has 2 aliphatic heterocycles. The minimum atomic E-state index is -0.0751. The van der Waals surface area contributed by atoms with Gasteiger partial charge in [0.2, 0.25) is 0 Å². The third-order valence-corrected chi connectivity index (χ3v) is 6.16. The molecule has 7 heteroatoms. The predicted molar refractivity (Wildman–Crippen MR) is 115 cm³/mol. The van der Waals surface area contributed by atoms with Gasteiger partial charge in [-0.15, -0.1) is 0 Å². The van der Waals surface area contributed by atoms with Crippen LogP contribution in [0.1, 0.15) is 64.9 Å². The number of urea groups is 1. The van der Waals surface area contributed by atoms with E-state index < -0.39 is 0 Å². The van der Waals surface area contributed by atoms with Crippen LogP contribution in [-0.2, 0) is 0 Å². The van der Waals surface area contributed by atoms with Crippen LogP contribution in [0.2, 0.25) is 0 Å². The number of nitrogens with zero attached hydrogens (tertiary/aromatic N) is 3. The molecule has 2 saturated heterocycles. The number of rotatable bonds is 3. The maximum absolute atomic E-state index is 12.7. The lowest BCUT2D eigenvalue weighted by atomic mass is 9.97. The van der Waals surface area contributed by atoms with E-state index in [4.69, 9.17) is 4.42 Å². The summed E-state index contributed by atoms with van der Waals surface area (Å²) in [5, 5.41) is 3.02. The van der Waals surface area contributed by atoms with Gasteiger partial charge in [-0.25, -0.2) is 9.78 Å².